The summed E-state index contributed by atoms with van der Waals surface area (Å²) in [6.07, 6.45) is 2.60. The molecule has 0 unspecified atom stereocenters. The second-order valence-electron chi connectivity index (χ2n) is 7.54. The molecule has 0 aliphatic carbocycles. The van der Waals surface area contributed by atoms with Crippen LogP contribution in [0.15, 0.2) is 51.9 Å². The molecular weight excluding hydrogens is 389 g/mol. The first-order valence-corrected chi connectivity index (χ1v) is 9.86. The van der Waals surface area contributed by atoms with Gasteiger partial charge in [-0.25, -0.2) is 9.37 Å². The molecule has 0 saturated carbocycles. The molecule has 3 heterocycles. The Morgan fingerprint density at radius 2 is 2.07 bits per heavy atom. The zero-order valence-electron chi connectivity index (χ0n) is 16.6. The number of likely N-dealkylation sites (tertiary alicyclic amines) is 1. The Morgan fingerprint density at radius 1 is 1.27 bits per heavy atom. The number of halogens is 1. The molecule has 8 heteroatoms. The van der Waals surface area contributed by atoms with Crippen LogP contribution in [-0.4, -0.2) is 45.5 Å². The molecule has 1 aromatic carbocycles. The molecular formula is C22H22FN3O4. The van der Waals surface area contributed by atoms with Crippen molar-refractivity contribution in [2.45, 2.75) is 44.8 Å². The van der Waals surface area contributed by atoms with Gasteiger partial charge in [0.2, 0.25) is 5.91 Å². The maximum absolute atomic E-state index is 14.0. The standard InChI is InChI=1S/C22H22FN3O4/c1-14-8-18(30-25-14)10-22(28)26-12-17(23)9-19(26)20(27)7-4-15-2-5-16(6-3-15)21-11-24-13-29-21/h2-3,5-6,8,11,13,17,19H,4,7,9-10,12H2,1H3/t17-,19+/m1/s1. The Labute approximate surface area is 172 Å². The van der Waals surface area contributed by atoms with E-state index in [1.54, 1.807) is 19.2 Å². The van der Waals surface area contributed by atoms with Gasteiger partial charge in [0.15, 0.2) is 17.9 Å². The van der Waals surface area contributed by atoms with Crippen LogP contribution in [0.2, 0.25) is 0 Å². The van der Waals surface area contributed by atoms with E-state index in [0.29, 0.717) is 23.6 Å². The molecule has 0 radical (unpaired) electrons. The lowest BCUT2D eigenvalue weighted by Crippen LogP contribution is -2.41. The van der Waals surface area contributed by atoms with Crippen molar-refractivity contribution in [3.05, 3.63) is 59.9 Å². The minimum Gasteiger partial charge on any atom is -0.444 e. The fourth-order valence-electron chi connectivity index (χ4n) is 3.74. The number of Topliss-reactive ketones (excluding diaryl/α,β-unsaturated/α-hetero) is 1. The minimum atomic E-state index is -1.19. The number of hydrogen-bond acceptors (Lipinski definition) is 6. The number of aryl methyl sites for hydroxylation is 2. The summed E-state index contributed by atoms with van der Waals surface area (Å²) < 4.78 is 24.4. The Bertz CT molecular complexity index is 1010. The van der Waals surface area contributed by atoms with Gasteiger partial charge >= 0.3 is 0 Å². The normalized spacial score (nSPS) is 18.7. The number of rotatable bonds is 7. The SMILES string of the molecule is Cc1cc(CC(=O)N2C[C@H](F)C[C@H]2C(=O)CCc2ccc(-c3cnco3)cc2)on1. The lowest BCUT2D eigenvalue weighted by atomic mass is 10.0. The topological polar surface area (TPSA) is 89.4 Å². The highest BCUT2D eigenvalue weighted by atomic mass is 19.1. The number of oxazole rings is 1. The van der Waals surface area contributed by atoms with Gasteiger partial charge in [-0.3, -0.25) is 9.59 Å². The van der Waals surface area contributed by atoms with Crippen molar-refractivity contribution in [3.8, 4) is 11.3 Å². The number of ketones is 1. The number of carbonyl (C=O) groups is 2. The molecule has 2 atom stereocenters. The van der Waals surface area contributed by atoms with Gasteiger partial charge in [-0.2, -0.15) is 0 Å². The van der Waals surface area contributed by atoms with Crippen molar-refractivity contribution in [1.82, 2.24) is 15.0 Å². The fourth-order valence-corrected chi connectivity index (χ4v) is 3.74. The van der Waals surface area contributed by atoms with Crippen LogP contribution < -0.4 is 0 Å². The van der Waals surface area contributed by atoms with Crippen LogP contribution in [0.4, 0.5) is 4.39 Å². The summed E-state index contributed by atoms with van der Waals surface area (Å²) in [7, 11) is 0. The summed E-state index contributed by atoms with van der Waals surface area (Å²) in [5.74, 6) is 0.643. The third-order valence-corrected chi connectivity index (χ3v) is 5.28. The van der Waals surface area contributed by atoms with Crippen LogP contribution in [0.3, 0.4) is 0 Å². The van der Waals surface area contributed by atoms with Gasteiger partial charge in [0.05, 0.1) is 30.9 Å². The molecule has 0 spiro atoms. The van der Waals surface area contributed by atoms with Crippen LogP contribution in [0.1, 0.15) is 29.9 Å². The maximum atomic E-state index is 14.0. The summed E-state index contributed by atoms with van der Waals surface area (Å²) in [4.78, 5) is 30.6. The highest BCUT2D eigenvalue weighted by Crippen LogP contribution is 2.25. The molecule has 2 aromatic heterocycles. The predicted octanol–water partition coefficient (Wildman–Crippen LogP) is 3.32. The minimum absolute atomic E-state index is 0.0273. The van der Waals surface area contributed by atoms with Crippen molar-refractivity contribution in [2.24, 2.45) is 0 Å². The Balaban J connectivity index is 1.36. The molecule has 1 saturated heterocycles. The fraction of sp³-hybridized carbons (Fsp3) is 0.364. The van der Waals surface area contributed by atoms with Gasteiger partial charge in [-0.05, 0) is 18.9 Å². The van der Waals surface area contributed by atoms with E-state index in [2.05, 4.69) is 10.1 Å². The molecule has 156 valence electrons. The van der Waals surface area contributed by atoms with E-state index in [1.807, 2.05) is 24.3 Å². The first kappa shape index (κ1) is 20.0. The van der Waals surface area contributed by atoms with Crippen LogP contribution in [-0.2, 0) is 22.4 Å². The van der Waals surface area contributed by atoms with Crippen molar-refractivity contribution < 1.29 is 22.9 Å². The first-order chi connectivity index (χ1) is 14.5. The lowest BCUT2D eigenvalue weighted by molar-refractivity contribution is -0.137. The second-order valence-corrected chi connectivity index (χ2v) is 7.54. The number of nitrogens with zero attached hydrogens (tertiary/aromatic N) is 3. The van der Waals surface area contributed by atoms with Crippen molar-refractivity contribution in [2.75, 3.05) is 6.54 Å². The number of alkyl halides is 1. The summed E-state index contributed by atoms with van der Waals surface area (Å²) in [6.45, 7) is 1.70. The third kappa shape index (κ3) is 4.48. The van der Waals surface area contributed by atoms with E-state index >= 15 is 0 Å². The molecule has 3 aromatic rings. The number of amides is 1. The van der Waals surface area contributed by atoms with Crippen molar-refractivity contribution in [1.29, 1.82) is 0 Å². The van der Waals surface area contributed by atoms with E-state index in [4.69, 9.17) is 8.94 Å². The van der Waals surface area contributed by atoms with Crippen molar-refractivity contribution in [3.63, 3.8) is 0 Å². The summed E-state index contributed by atoms with van der Waals surface area (Å²) in [6, 6.07) is 8.59. The molecule has 0 N–H and O–H groups in total. The average Bonchev–Trinajstić information content (AvgIpc) is 3.48. The molecule has 4 rings (SSSR count). The van der Waals surface area contributed by atoms with Crippen LogP contribution in [0.5, 0.6) is 0 Å². The molecule has 1 fully saturated rings. The van der Waals surface area contributed by atoms with Gasteiger partial charge in [0, 0.05) is 24.5 Å². The summed E-state index contributed by atoms with van der Waals surface area (Å²) in [5.41, 5.74) is 2.55. The molecule has 30 heavy (non-hydrogen) atoms. The van der Waals surface area contributed by atoms with Crippen molar-refractivity contribution >= 4 is 11.7 Å². The van der Waals surface area contributed by atoms with Crippen LogP contribution in [0, 0.1) is 6.92 Å². The zero-order chi connectivity index (χ0) is 21.1. The first-order valence-electron chi connectivity index (χ1n) is 9.86. The largest absolute Gasteiger partial charge is 0.444 e. The molecule has 0 bridgehead atoms. The summed E-state index contributed by atoms with van der Waals surface area (Å²) in [5, 5.41) is 3.75. The molecule has 1 aliphatic rings. The number of carbonyl (C=O) groups excluding carboxylic acids is 2. The van der Waals surface area contributed by atoms with E-state index in [9.17, 15) is 14.0 Å². The van der Waals surface area contributed by atoms with Crippen LogP contribution in [0.25, 0.3) is 11.3 Å². The quantitative estimate of drug-likeness (QED) is 0.593. The van der Waals surface area contributed by atoms with Gasteiger partial charge in [-0.1, -0.05) is 29.4 Å². The summed E-state index contributed by atoms with van der Waals surface area (Å²) >= 11 is 0. The Hall–Kier alpha value is -3.29. The lowest BCUT2D eigenvalue weighted by Gasteiger charge is -2.23. The molecule has 1 amide bonds. The van der Waals surface area contributed by atoms with Crippen LogP contribution >= 0.6 is 0 Å². The van der Waals surface area contributed by atoms with Gasteiger partial charge in [-0.15, -0.1) is 0 Å². The smallest absolute Gasteiger partial charge is 0.231 e. The maximum Gasteiger partial charge on any atom is 0.231 e. The highest BCUT2D eigenvalue weighted by molar-refractivity contribution is 5.90. The number of aromatic nitrogens is 2. The molecule has 1 aliphatic heterocycles. The average molecular weight is 411 g/mol. The third-order valence-electron chi connectivity index (χ3n) is 5.28. The monoisotopic (exact) mass is 411 g/mol. The van der Waals surface area contributed by atoms with E-state index in [0.717, 1.165) is 11.1 Å². The van der Waals surface area contributed by atoms with E-state index < -0.39 is 12.2 Å². The zero-order valence-corrected chi connectivity index (χ0v) is 16.6. The van der Waals surface area contributed by atoms with E-state index in [-0.39, 0.29) is 37.5 Å². The number of benzene rings is 1. The Morgan fingerprint density at radius 3 is 2.73 bits per heavy atom. The predicted molar refractivity (Wildman–Crippen MR) is 105 cm³/mol. The van der Waals surface area contributed by atoms with Gasteiger partial charge in [0.1, 0.15) is 11.9 Å². The van der Waals surface area contributed by atoms with Gasteiger partial charge < -0.3 is 13.8 Å². The Kier molecular flexibility index (Phi) is 5.74. The second kappa shape index (κ2) is 8.61. The number of hydrogen-bond donors (Lipinski definition) is 0. The van der Waals surface area contributed by atoms with E-state index in [1.165, 1.54) is 11.3 Å². The highest BCUT2D eigenvalue weighted by Gasteiger charge is 2.39. The van der Waals surface area contributed by atoms with Gasteiger partial charge in [0.25, 0.3) is 0 Å². The molecule has 7 nitrogen and oxygen atoms in total.